The molecule has 0 radical (unpaired) electrons. The van der Waals surface area contributed by atoms with Gasteiger partial charge in [0.05, 0.1) is 11.3 Å². The number of aromatic hydroxyl groups is 1. The molecule has 1 saturated heterocycles. The molecule has 32 heavy (non-hydrogen) atoms. The molecular formula is C26H28FN3O2. The first-order chi connectivity index (χ1) is 15.5. The Morgan fingerprint density at radius 1 is 1.12 bits per heavy atom. The first-order valence-corrected chi connectivity index (χ1v) is 11.0. The molecule has 6 heteroatoms. The average molecular weight is 434 g/mol. The van der Waals surface area contributed by atoms with Crippen LogP contribution < -0.4 is 5.32 Å². The molecule has 1 aromatic heterocycles. The Hall–Kier alpha value is -3.25. The first-order valence-electron chi connectivity index (χ1n) is 11.0. The predicted molar refractivity (Wildman–Crippen MR) is 122 cm³/mol. The molecule has 0 spiro atoms. The van der Waals surface area contributed by atoms with Gasteiger partial charge in [-0.2, -0.15) is 0 Å². The summed E-state index contributed by atoms with van der Waals surface area (Å²) in [6.45, 7) is 4.66. The fourth-order valence-corrected chi connectivity index (χ4v) is 4.25. The van der Waals surface area contributed by atoms with Crippen molar-refractivity contribution >= 4 is 5.91 Å². The van der Waals surface area contributed by atoms with Crippen molar-refractivity contribution in [3.05, 3.63) is 94.6 Å². The van der Waals surface area contributed by atoms with E-state index in [1.807, 2.05) is 37.3 Å². The lowest BCUT2D eigenvalue weighted by Crippen LogP contribution is -2.34. The number of halogens is 1. The average Bonchev–Trinajstić information content (AvgIpc) is 2.79. The van der Waals surface area contributed by atoms with Crippen molar-refractivity contribution in [2.75, 3.05) is 13.1 Å². The molecule has 2 N–H and O–H groups in total. The molecule has 1 fully saturated rings. The van der Waals surface area contributed by atoms with Gasteiger partial charge in [-0.3, -0.25) is 14.7 Å². The van der Waals surface area contributed by atoms with Gasteiger partial charge in [0.2, 0.25) is 0 Å². The Morgan fingerprint density at radius 2 is 1.91 bits per heavy atom. The highest BCUT2D eigenvalue weighted by atomic mass is 19.1. The van der Waals surface area contributed by atoms with E-state index < -0.39 is 0 Å². The topological polar surface area (TPSA) is 65.5 Å². The summed E-state index contributed by atoms with van der Waals surface area (Å²) in [7, 11) is 0. The van der Waals surface area contributed by atoms with Crippen LogP contribution >= 0.6 is 0 Å². The third-order valence-electron chi connectivity index (χ3n) is 6.01. The first kappa shape index (κ1) is 22.0. The molecule has 0 saturated carbocycles. The Kier molecular flexibility index (Phi) is 6.81. The SMILES string of the molecule is Cc1ccc(C(=O)NCc2cccc(F)c2)c(C2CCN(Cc3ccccc3O)CC2)n1. The number of carbonyl (C=O) groups excluding carboxylic acids is 1. The molecule has 1 aliphatic heterocycles. The van der Waals surface area contributed by atoms with E-state index in [1.165, 1.54) is 12.1 Å². The maximum Gasteiger partial charge on any atom is 0.253 e. The van der Waals surface area contributed by atoms with Crippen LogP contribution in [0.15, 0.2) is 60.7 Å². The van der Waals surface area contributed by atoms with Crippen LogP contribution in [0.4, 0.5) is 4.39 Å². The van der Waals surface area contributed by atoms with Crippen LogP contribution in [0.1, 0.15) is 51.6 Å². The highest BCUT2D eigenvalue weighted by Gasteiger charge is 2.26. The maximum atomic E-state index is 13.4. The molecule has 4 rings (SSSR count). The molecule has 5 nitrogen and oxygen atoms in total. The van der Waals surface area contributed by atoms with E-state index in [1.54, 1.807) is 18.2 Å². The van der Waals surface area contributed by atoms with Crippen LogP contribution in [-0.4, -0.2) is 34.0 Å². The fraction of sp³-hybridized carbons (Fsp3) is 0.308. The zero-order valence-electron chi connectivity index (χ0n) is 18.2. The second-order valence-corrected chi connectivity index (χ2v) is 8.38. The maximum absolute atomic E-state index is 13.4. The van der Waals surface area contributed by atoms with Gasteiger partial charge in [0.15, 0.2) is 0 Å². The number of hydrogen-bond donors (Lipinski definition) is 2. The number of nitrogens with one attached hydrogen (secondary N) is 1. The summed E-state index contributed by atoms with van der Waals surface area (Å²) < 4.78 is 13.4. The van der Waals surface area contributed by atoms with Crippen LogP contribution in [0, 0.1) is 12.7 Å². The highest BCUT2D eigenvalue weighted by Crippen LogP contribution is 2.31. The van der Waals surface area contributed by atoms with Crippen LogP contribution in [0.3, 0.4) is 0 Å². The number of pyridine rings is 1. The van der Waals surface area contributed by atoms with Crippen molar-refractivity contribution in [3.8, 4) is 5.75 Å². The number of rotatable bonds is 6. The number of nitrogens with zero attached hydrogens (tertiary/aromatic N) is 2. The van der Waals surface area contributed by atoms with Gasteiger partial charge >= 0.3 is 0 Å². The lowest BCUT2D eigenvalue weighted by Gasteiger charge is -2.32. The number of carbonyl (C=O) groups is 1. The molecule has 1 amide bonds. The zero-order chi connectivity index (χ0) is 22.5. The summed E-state index contributed by atoms with van der Waals surface area (Å²) in [5.74, 6) is 0.0242. The number of benzene rings is 2. The van der Waals surface area contributed by atoms with E-state index in [-0.39, 0.29) is 24.2 Å². The summed E-state index contributed by atoms with van der Waals surface area (Å²) in [5.41, 5.74) is 3.96. The molecule has 0 unspecified atom stereocenters. The van der Waals surface area contributed by atoms with Gasteiger partial charge in [0.1, 0.15) is 11.6 Å². The quantitative estimate of drug-likeness (QED) is 0.599. The second-order valence-electron chi connectivity index (χ2n) is 8.38. The number of phenols is 1. The van der Waals surface area contributed by atoms with Gasteiger partial charge in [-0.25, -0.2) is 4.39 Å². The normalized spacial score (nSPS) is 14.9. The van der Waals surface area contributed by atoms with E-state index in [0.29, 0.717) is 17.9 Å². The van der Waals surface area contributed by atoms with E-state index in [4.69, 9.17) is 4.98 Å². The van der Waals surface area contributed by atoms with Crippen molar-refractivity contribution in [1.29, 1.82) is 0 Å². The van der Waals surface area contributed by atoms with Crippen LogP contribution in [0.25, 0.3) is 0 Å². The minimum atomic E-state index is -0.315. The molecule has 0 bridgehead atoms. The van der Waals surface area contributed by atoms with E-state index in [2.05, 4.69) is 10.2 Å². The Morgan fingerprint density at radius 3 is 2.66 bits per heavy atom. The molecule has 2 aromatic carbocycles. The Balaban J connectivity index is 1.42. The number of hydrogen-bond acceptors (Lipinski definition) is 4. The van der Waals surface area contributed by atoms with Crippen molar-refractivity contribution < 1.29 is 14.3 Å². The van der Waals surface area contributed by atoms with Gasteiger partial charge < -0.3 is 10.4 Å². The molecule has 166 valence electrons. The minimum Gasteiger partial charge on any atom is -0.508 e. The smallest absolute Gasteiger partial charge is 0.253 e. The molecule has 2 heterocycles. The molecule has 0 atom stereocenters. The third kappa shape index (κ3) is 5.32. The fourth-order valence-electron chi connectivity index (χ4n) is 4.25. The number of piperidine rings is 1. The summed E-state index contributed by atoms with van der Waals surface area (Å²) in [5, 5.41) is 13.0. The van der Waals surface area contributed by atoms with Gasteiger partial charge in [-0.1, -0.05) is 30.3 Å². The van der Waals surface area contributed by atoms with E-state index in [9.17, 15) is 14.3 Å². The predicted octanol–water partition coefficient (Wildman–Crippen LogP) is 4.54. The summed E-state index contributed by atoms with van der Waals surface area (Å²) in [6.07, 6.45) is 1.79. The summed E-state index contributed by atoms with van der Waals surface area (Å²) in [4.78, 5) is 20.0. The Bertz CT molecular complexity index is 1090. The van der Waals surface area contributed by atoms with Crippen molar-refractivity contribution in [1.82, 2.24) is 15.2 Å². The Labute approximate surface area is 187 Å². The van der Waals surface area contributed by atoms with Crippen LogP contribution in [0.5, 0.6) is 5.75 Å². The number of aromatic nitrogens is 1. The third-order valence-corrected chi connectivity index (χ3v) is 6.01. The number of phenolic OH excluding ortho intramolecular Hbond substituents is 1. The monoisotopic (exact) mass is 433 g/mol. The van der Waals surface area contributed by atoms with E-state index >= 15 is 0 Å². The number of para-hydroxylation sites is 1. The largest absolute Gasteiger partial charge is 0.508 e. The van der Waals surface area contributed by atoms with Gasteiger partial charge in [0.25, 0.3) is 5.91 Å². The number of amides is 1. The van der Waals surface area contributed by atoms with Gasteiger partial charge in [-0.15, -0.1) is 0 Å². The second kappa shape index (κ2) is 9.92. The molecule has 0 aliphatic carbocycles. The standard InChI is InChI=1S/C26H28FN3O2/c1-18-9-10-23(26(32)28-16-19-5-4-7-22(27)15-19)25(29-18)20-11-13-30(14-12-20)17-21-6-2-3-8-24(21)31/h2-10,15,20,31H,11-14,16-17H2,1H3,(H,28,32). The number of aryl methyl sites for hydroxylation is 1. The minimum absolute atomic E-state index is 0.187. The van der Waals surface area contributed by atoms with E-state index in [0.717, 1.165) is 48.4 Å². The molecule has 3 aromatic rings. The van der Waals surface area contributed by atoms with Crippen molar-refractivity contribution in [2.24, 2.45) is 0 Å². The van der Waals surface area contributed by atoms with Crippen molar-refractivity contribution in [2.45, 2.75) is 38.8 Å². The summed E-state index contributed by atoms with van der Waals surface area (Å²) in [6, 6.07) is 17.4. The van der Waals surface area contributed by atoms with Crippen LogP contribution in [-0.2, 0) is 13.1 Å². The lowest BCUT2D eigenvalue weighted by atomic mass is 9.89. The van der Waals surface area contributed by atoms with Gasteiger partial charge in [-0.05, 0) is 68.8 Å². The summed E-state index contributed by atoms with van der Waals surface area (Å²) >= 11 is 0. The lowest BCUT2D eigenvalue weighted by molar-refractivity contribution is 0.0947. The molecular weight excluding hydrogens is 405 g/mol. The number of likely N-dealkylation sites (tertiary alicyclic amines) is 1. The highest BCUT2D eigenvalue weighted by molar-refractivity contribution is 5.95. The van der Waals surface area contributed by atoms with Crippen molar-refractivity contribution in [3.63, 3.8) is 0 Å². The molecule has 1 aliphatic rings. The van der Waals surface area contributed by atoms with Gasteiger partial charge in [0, 0.05) is 30.3 Å². The van der Waals surface area contributed by atoms with Crippen LogP contribution in [0.2, 0.25) is 0 Å². The zero-order valence-corrected chi connectivity index (χ0v) is 18.2.